The summed E-state index contributed by atoms with van der Waals surface area (Å²) in [6, 6.07) is 8.70. The quantitative estimate of drug-likeness (QED) is 0.247. The van der Waals surface area contributed by atoms with Gasteiger partial charge in [-0.05, 0) is 10.1 Å². The topological polar surface area (TPSA) is 128 Å². The zero-order valence-corrected chi connectivity index (χ0v) is 13.9. The minimum atomic E-state index is -4.12. The van der Waals surface area contributed by atoms with E-state index in [0.29, 0.717) is 5.06 Å². The fourth-order valence-electron chi connectivity index (χ4n) is 1.86. The van der Waals surface area contributed by atoms with Crippen molar-refractivity contribution in [3.8, 4) is 0 Å². The molecule has 1 rings (SSSR count). The van der Waals surface area contributed by atoms with Gasteiger partial charge in [0.05, 0.1) is 19.1 Å². The van der Waals surface area contributed by atoms with Crippen molar-refractivity contribution in [2.75, 3.05) is 6.54 Å². The molecule has 1 amide bonds. The number of halogens is 2. The smallest absolute Gasteiger partial charge is 0.390 e. The van der Waals surface area contributed by atoms with Gasteiger partial charge in [-0.2, -0.15) is 13.7 Å². The van der Waals surface area contributed by atoms with E-state index in [4.69, 9.17) is 9.73 Å². The second-order valence-corrected chi connectivity index (χ2v) is 6.43. The highest BCUT2D eigenvalue weighted by atomic mass is 31.1. The molecule has 0 fully saturated rings. The normalized spacial score (nSPS) is 16.0. The third-order valence-corrected chi connectivity index (χ3v) is 3.99. The molecule has 4 N–H and O–H groups in total. The highest BCUT2D eigenvalue weighted by molar-refractivity contribution is 7.39. The Kier molecular flexibility index (Phi) is 8.43. The number of aliphatic hydroxyl groups is 3. The maximum Gasteiger partial charge on any atom is 0.583 e. The molecule has 11 heteroatoms. The fraction of sp³-hybridized carbons (Fsp3) is 0.500. The predicted molar refractivity (Wildman–Crippen MR) is 81.4 cm³/mol. The number of hydrogen-bond donors (Lipinski definition) is 4. The number of hydroxylamine groups is 2. The van der Waals surface area contributed by atoms with Gasteiger partial charge < -0.3 is 15.3 Å². The van der Waals surface area contributed by atoms with Gasteiger partial charge in [-0.1, -0.05) is 30.3 Å². The van der Waals surface area contributed by atoms with Crippen LogP contribution in [-0.4, -0.2) is 62.2 Å². The SMILES string of the molecule is O=CN(C[C@H](O)[C@H](O)[C@H](O)CC(F)(F)[P+](=O)O)OCc1ccccc1. The van der Waals surface area contributed by atoms with Gasteiger partial charge in [0, 0.05) is 0 Å². The number of aliphatic hydroxyl groups excluding tert-OH is 3. The molecule has 0 saturated heterocycles. The molecule has 0 bridgehead atoms. The Morgan fingerprint density at radius 3 is 2.32 bits per heavy atom. The Balaban J connectivity index is 2.54. The van der Waals surface area contributed by atoms with Crippen LogP contribution >= 0.6 is 8.03 Å². The van der Waals surface area contributed by atoms with E-state index in [1.54, 1.807) is 30.3 Å². The van der Waals surface area contributed by atoms with Crippen LogP contribution < -0.4 is 0 Å². The van der Waals surface area contributed by atoms with E-state index in [0.717, 1.165) is 5.56 Å². The van der Waals surface area contributed by atoms with Crippen molar-refractivity contribution in [2.45, 2.75) is 37.0 Å². The van der Waals surface area contributed by atoms with Crippen molar-refractivity contribution in [3.05, 3.63) is 35.9 Å². The van der Waals surface area contributed by atoms with Crippen molar-refractivity contribution >= 4 is 14.4 Å². The van der Waals surface area contributed by atoms with E-state index in [9.17, 15) is 33.5 Å². The van der Waals surface area contributed by atoms with Gasteiger partial charge in [0.25, 0.3) is 0 Å². The van der Waals surface area contributed by atoms with Crippen LogP contribution in [0.4, 0.5) is 8.78 Å². The molecule has 4 atom stereocenters. The molecule has 0 spiro atoms. The predicted octanol–water partition coefficient (Wildman–Crippen LogP) is 0.377. The fourth-order valence-corrected chi connectivity index (χ4v) is 2.20. The summed E-state index contributed by atoms with van der Waals surface area (Å²) in [7, 11) is -3.90. The Hall–Kier alpha value is -1.55. The summed E-state index contributed by atoms with van der Waals surface area (Å²) in [5.41, 5.74) is -3.40. The van der Waals surface area contributed by atoms with Gasteiger partial charge in [-0.3, -0.25) is 9.63 Å². The molecule has 0 saturated carbocycles. The molecular formula is C14H19F2NO7P+. The first-order chi connectivity index (χ1) is 11.7. The number of alkyl halides is 2. The molecule has 1 aromatic rings. The first-order valence-electron chi connectivity index (χ1n) is 7.14. The van der Waals surface area contributed by atoms with Crippen LogP contribution in [0.25, 0.3) is 0 Å². The molecule has 0 aliphatic carbocycles. The minimum Gasteiger partial charge on any atom is -0.390 e. The highest BCUT2D eigenvalue weighted by Gasteiger charge is 2.54. The van der Waals surface area contributed by atoms with Crippen molar-refractivity contribution in [3.63, 3.8) is 0 Å². The van der Waals surface area contributed by atoms with Gasteiger partial charge in [-0.25, -0.2) is 5.06 Å². The summed E-state index contributed by atoms with van der Waals surface area (Å²) in [5.74, 6) is 0. The molecule has 140 valence electrons. The number of carbonyl (C=O) groups excluding carboxylic acids is 1. The average Bonchev–Trinajstić information content (AvgIpc) is 2.57. The van der Waals surface area contributed by atoms with Crippen LogP contribution in [0.1, 0.15) is 12.0 Å². The molecule has 25 heavy (non-hydrogen) atoms. The Morgan fingerprint density at radius 1 is 1.20 bits per heavy atom. The summed E-state index contributed by atoms with van der Waals surface area (Å²) in [6.07, 6.45) is -7.39. The molecular weight excluding hydrogens is 363 g/mol. The number of carbonyl (C=O) groups is 1. The van der Waals surface area contributed by atoms with Crippen molar-refractivity contribution in [1.82, 2.24) is 5.06 Å². The summed E-state index contributed by atoms with van der Waals surface area (Å²) in [6.45, 7) is -0.626. The van der Waals surface area contributed by atoms with Crippen LogP contribution in [0.3, 0.4) is 0 Å². The monoisotopic (exact) mass is 382 g/mol. The molecule has 0 aliphatic heterocycles. The molecule has 1 aromatic carbocycles. The molecule has 0 heterocycles. The van der Waals surface area contributed by atoms with Crippen LogP contribution in [-0.2, 0) is 20.8 Å². The standard InChI is InChI=1S/C14H18F2NO7P/c15-14(16,25(22)23)6-11(19)13(21)12(20)7-17(9-18)24-8-10-4-2-1-3-5-10/h1-5,9,11-13,19-21H,6-8H2/p+1/t11-,12+,13-/m1/s1. The number of benzene rings is 1. The summed E-state index contributed by atoms with van der Waals surface area (Å²) in [4.78, 5) is 24.5. The largest absolute Gasteiger partial charge is 0.583 e. The third kappa shape index (κ3) is 7.07. The second kappa shape index (κ2) is 9.81. The van der Waals surface area contributed by atoms with Crippen molar-refractivity contribution in [1.29, 1.82) is 0 Å². The molecule has 0 radical (unpaired) electrons. The zero-order valence-electron chi connectivity index (χ0n) is 13.0. The van der Waals surface area contributed by atoms with E-state index in [1.807, 2.05) is 0 Å². The van der Waals surface area contributed by atoms with Gasteiger partial charge >= 0.3 is 13.7 Å². The van der Waals surface area contributed by atoms with E-state index >= 15 is 0 Å². The van der Waals surface area contributed by atoms with Crippen molar-refractivity contribution in [2.24, 2.45) is 0 Å². The number of hydrogen-bond acceptors (Lipinski definition) is 6. The van der Waals surface area contributed by atoms with E-state index < -0.39 is 45.0 Å². The summed E-state index contributed by atoms with van der Waals surface area (Å²) >= 11 is 0. The zero-order chi connectivity index (χ0) is 19.0. The maximum absolute atomic E-state index is 13.1. The van der Waals surface area contributed by atoms with E-state index in [-0.39, 0.29) is 13.0 Å². The van der Waals surface area contributed by atoms with Gasteiger partial charge in [-0.15, -0.1) is 0 Å². The first kappa shape index (κ1) is 21.5. The third-order valence-electron chi connectivity index (χ3n) is 3.25. The molecule has 8 nitrogen and oxygen atoms in total. The van der Waals surface area contributed by atoms with Crippen LogP contribution in [0.15, 0.2) is 30.3 Å². The van der Waals surface area contributed by atoms with E-state index in [2.05, 4.69) is 0 Å². The summed E-state index contributed by atoms with van der Waals surface area (Å²) < 4.78 is 36.6. The second-order valence-electron chi connectivity index (χ2n) is 5.23. The number of nitrogens with zero attached hydrogens (tertiary/aromatic N) is 1. The lowest BCUT2D eigenvalue weighted by atomic mass is 10.1. The molecule has 0 aliphatic rings. The lowest BCUT2D eigenvalue weighted by Crippen LogP contribution is -2.45. The molecule has 1 unspecified atom stereocenters. The average molecular weight is 382 g/mol. The van der Waals surface area contributed by atoms with Crippen LogP contribution in [0, 0.1) is 0 Å². The van der Waals surface area contributed by atoms with E-state index in [1.165, 1.54) is 0 Å². The van der Waals surface area contributed by atoms with Gasteiger partial charge in [0.2, 0.25) is 6.41 Å². The van der Waals surface area contributed by atoms with Crippen molar-refractivity contribution < 1.29 is 43.2 Å². The Morgan fingerprint density at radius 2 is 1.80 bits per heavy atom. The minimum absolute atomic E-state index is 0.0198. The summed E-state index contributed by atoms with van der Waals surface area (Å²) in [5, 5.41) is 29.5. The number of amides is 1. The lowest BCUT2D eigenvalue weighted by Gasteiger charge is -2.26. The maximum atomic E-state index is 13.1. The lowest BCUT2D eigenvalue weighted by molar-refractivity contribution is -0.193. The molecule has 0 aromatic heterocycles. The van der Waals surface area contributed by atoms with Crippen LogP contribution in [0.2, 0.25) is 0 Å². The first-order valence-corrected chi connectivity index (χ1v) is 8.35. The number of rotatable bonds is 11. The van der Waals surface area contributed by atoms with Crippen LogP contribution in [0.5, 0.6) is 0 Å². The highest BCUT2D eigenvalue weighted by Crippen LogP contribution is 2.42. The Bertz CT molecular complexity index is 563. The Labute approximate surface area is 143 Å². The van der Waals surface area contributed by atoms with Gasteiger partial charge in [0.15, 0.2) is 0 Å². The van der Waals surface area contributed by atoms with Gasteiger partial charge in [0.1, 0.15) is 18.8 Å².